The van der Waals surface area contributed by atoms with E-state index in [1.165, 1.54) is 25.7 Å². The summed E-state index contributed by atoms with van der Waals surface area (Å²) in [5.74, 6) is 0.723. The maximum absolute atomic E-state index is 5.51. The summed E-state index contributed by atoms with van der Waals surface area (Å²) in [6.45, 7) is 2.32. The minimum absolute atomic E-state index is 0.539. The Bertz CT molecular complexity index is 391. The molecule has 0 saturated heterocycles. The highest BCUT2D eigenvalue weighted by Gasteiger charge is 2.22. The predicted octanol–water partition coefficient (Wildman–Crippen LogP) is 3.58. The van der Waals surface area contributed by atoms with Crippen LogP contribution in [-0.4, -0.2) is 18.2 Å². The summed E-state index contributed by atoms with van der Waals surface area (Å²) in [6, 6.07) is 10.8. The summed E-state index contributed by atoms with van der Waals surface area (Å²) in [5, 5.41) is 4.36. The Kier molecular flexibility index (Phi) is 4.59. The van der Waals surface area contributed by atoms with Gasteiger partial charge in [-0.2, -0.15) is 0 Å². The third kappa shape index (κ3) is 3.22. The maximum Gasteiger partial charge on any atom is 0.173 e. The van der Waals surface area contributed by atoms with Crippen LogP contribution >= 0.6 is 12.2 Å². The molecule has 1 fully saturated rings. The molecule has 0 heterocycles. The quantitative estimate of drug-likeness (QED) is 0.820. The first-order valence-corrected chi connectivity index (χ1v) is 7.18. The smallest absolute Gasteiger partial charge is 0.173 e. The number of benzene rings is 1. The molecule has 0 bridgehead atoms. The topological polar surface area (TPSA) is 15.3 Å². The van der Waals surface area contributed by atoms with Crippen molar-refractivity contribution in [3.8, 4) is 0 Å². The summed E-state index contributed by atoms with van der Waals surface area (Å²) in [5.41, 5.74) is 1.14. The van der Waals surface area contributed by atoms with Gasteiger partial charge in [-0.25, -0.2) is 0 Å². The number of nitrogens with zero attached hydrogens (tertiary/aromatic N) is 1. The summed E-state index contributed by atoms with van der Waals surface area (Å²) >= 11 is 5.51. The third-order valence-electron chi connectivity index (χ3n) is 3.87. The van der Waals surface area contributed by atoms with Gasteiger partial charge in [0, 0.05) is 18.8 Å². The molecule has 3 heteroatoms. The van der Waals surface area contributed by atoms with Gasteiger partial charge in [0.1, 0.15) is 0 Å². The molecule has 0 aromatic heterocycles. The number of para-hydroxylation sites is 1. The fourth-order valence-electron chi connectivity index (χ4n) is 2.55. The van der Waals surface area contributed by atoms with Crippen LogP contribution in [0.3, 0.4) is 0 Å². The van der Waals surface area contributed by atoms with Crippen LogP contribution < -0.4 is 10.2 Å². The molecule has 1 aromatic carbocycles. The molecule has 0 amide bonds. The van der Waals surface area contributed by atoms with Gasteiger partial charge < -0.3 is 10.2 Å². The van der Waals surface area contributed by atoms with Gasteiger partial charge in [-0.1, -0.05) is 38.0 Å². The first kappa shape index (κ1) is 13.3. The van der Waals surface area contributed by atoms with Gasteiger partial charge in [-0.15, -0.1) is 0 Å². The second-order valence-corrected chi connectivity index (χ2v) is 5.60. The summed E-state index contributed by atoms with van der Waals surface area (Å²) < 4.78 is 0. The monoisotopic (exact) mass is 262 g/mol. The second-order valence-electron chi connectivity index (χ2n) is 5.21. The van der Waals surface area contributed by atoms with Gasteiger partial charge >= 0.3 is 0 Å². The van der Waals surface area contributed by atoms with Gasteiger partial charge in [0.15, 0.2) is 5.11 Å². The number of hydrogen-bond donors (Lipinski definition) is 1. The van der Waals surface area contributed by atoms with Gasteiger partial charge in [0.25, 0.3) is 0 Å². The Morgan fingerprint density at radius 1 is 1.22 bits per heavy atom. The van der Waals surface area contributed by atoms with Gasteiger partial charge in [-0.3, -0.25) is 0 Å². The number of rotatable bonds is 2. The second kappa shape index (κ2) is 6.19. The largest absolute Gasteiger partial charge is 0.359 e. The highest BCUT2D eigenvalue weighted by Crippen LogP contribution is 2.24. The highest BCUT2D eigenvalue weighted by molar-refractivity contribution is 7.80. The molecule has 2 rings (SSSR count). The average Bonchev–Trinajstić information content (AvgIpc) is 2.41. The zero-order valence-electron chi connectivity index (χ0n) is 11.2. The molecule has 98 valence electrons. The SMILES string of the molecule is C[C@H]1CCCC[C@H]1NC(=S)N(C)c1ccccc1. The highest BCUT2D eigenvalue weighted by atomic mass is 32.1. The lowest BCUT2D eigenvalue weighted by Crippen LogP contribution is -2.46. The molecule has 2 nitrogen and oxygen atoms in total. The molecule has 1 N–H and O–H groups in total. The van der Waals surface area contributed by atoms with Crippen LogP contribution in [0.4, 0.5) is 5.69 Å². The lowest BCUT2D eigenvalue weighted by Gasteiger charge is -2.32. The van der Waals surface area contributed by atoms with E-state index in [-0.39, 0.29) is 0 Å². The van der Waals surface area contributed by atoms with E-state index in [1.807, 2.05) is 25.2 Å². The van der Waals surface area contributed by atoms with Crippen LogP contribution in [0.15, 0.2) is 30.3 Å². The van der Waals surface area contributed by atoms with Crippen molar-refractivity contribution >= 4 is 23.0 Å². The average molecular weight is 262 g/mol. The van der Waals surface area contributed by atoms with Crippen LogP contribution in [0.2, 0.25) is 0 Å². The number of anilines is 1. The van der Waals surface area contributed by atoms with Crippen LogP contribution in [0.25, 0.3) is 0 Å². The number of thiocarbonyl (C=S) groups is 1. The van der Waals surface area contributed by atoms with Crippen molar-refractivity contribution in [2.45, 2.75) is 38.6 Å². The molecule has 1 aliphatic rings. The Labute approximate surface area is 115 Å². The molecule has 0 aliphatic heterocycles. The molecule has 1 aliphatic carbocycles. The first-order valence-electron chi connectivity index (χ1n) is 6.78. The molecule has 0 spiro atoms. The zero-order valence-corrected chi connectivity index (χ0v) is 12.0. The van der Waals surface area contributed by atoms with E-state index in [2.05, 4.69) is 29.3 Å². The number of nitrogens with one attached hydrogen (secondary N) is 1. The van der Waals surface area contributed by atoms with Crippen molar-refractivity contribution in [3.05, 3.63) is 30.3 Å². The molecule has 0 radical (unpaired) electrons. The van der Waals surface area contributed by atoms with Gasteiger partial charge in [0.05, 0.1) is 0 Å². The molecule has 1 aromatic rings. The van der Waals surface area contributed by atoms with E-state index in [1.54, 1.807) is 0 Å². The molecular formula is C15H22N2S. The van der Waals surface area contributed by atoms with Crippen LogP contribution in [0.5, 0.6) is 0 Å². The third-order valence-corrected chi connectivity index (χ3v) is 4.26. The van der Waals surface area contributed by atoms with Crippen molar-refractivity contribution in [1.82, 2.24) is 5.32 Å². The zero-order chi connectivity index (χ0) is 13.0. The van der Waals surface area contributed by atoms with Gasteiger partial charge in [0.2, 0.25) is 0 Å². The molecular weight excluding hydrogens is 240 g/mol. The van der Waals surface area contributed by atoms with Crippen LogP contribution in [-0.2, 0) is 0 Å². The molecule has 2 atom stereocenters. The van der Waals surface area contributed by atoms with E-state index in [4.69, 9.17) is 12.2 Å². The lowest BCUT2D eigenvalue weighted by molar-refractivity contribution is 0.309. The Morgan fingerprint density at radius 3 is 2.56 bits per heavy atom. The number of hydrogen-bond acceptors (Lipinski definition) is 1. The maximum atomic E-state index is 5.51. The minimum Gasteiger partial charge on any atom is -0.359 e. The Balaban J connectivity index is 1.95. The summed E-state index contributed by atoms with van der Waals surface area (Å²) in [6.07, 6.45) is 5.24. The van der Waals surface area contributed by atoms with E-state index in [9.17, 15) is 0 Å². The fourth-order valence-corrected chi connectivity index (χ4v) is 2.81. The van der Waals surface area contributed by atoms with E-state index in [0.29, 0.717) is 6.04 Å². The van der Waals surface area contributed by atoms with Crippen molar-refractivity contribution in [3.63, 3.8) is 0 Å². The van der Waals surface area contributed by atoms with Crippen LogP contribution in [0, 0.1) is 5.92 Å². The predicted molar refractivity (Wildman–Crippen MR) is 82.0 cm³/mol. The van der Waals surface area contributed by atoms with Crippen molar-refractivity contribution in [2.24, 2.45) is 5.92 Å². The van der Waals surface area contributed by atoms with Crippen LogP contribution in [0.1, 0.15) is 32.6 Å². The van der Waals surface area contributed by atoms with E-state index in [0.717, 1.165) is 16.7 Å². The molecule has 18 heavy (non-hydrogen) atoms. The lowest BCUT2D eigenvalue weighted by atomic mass is 9.86. The standard InChI is InChI=1S/C15H22N2S/c1-12-8-6-7-11-14(12)16-15(18)17(2)13-9-4-3-5-10-13/h3-5,9-10,12,14H,6-8,11H2,1-2H3,(H,16,18)/t12-,14+/m0/s1. The molecule has 1 saturated carbocycles. The fraction of sp³-hybridized carbons (Fsp3) is 0.533. The van der Waals surface area contributed by atoms with Crippen molar-refractivity contribution in [1.29, 1.82) is 0 Å². The Morgan fingerprint density at radius 2 is 1.89 bits per heavy atom. The van der Waals surface area contributed by atoms with Crippen molar-refractivity contribution in [2.75, 3.05) is 11.9 Å². The Hall–Kier alpha value is -1.09. The molecule has 0 unspecified atom stereocenters. The minimum atomic E-state index is 0.539. The normalized spacial score (nSPS) is 23.4. The van der Waals surface area contributed by atoms with Gasteiger partial charge in [-0.05, 0) is 43.1 Å². The van der Waals surface area contributed by atoms with E-state index >= 15 is 0 Å². The summed E-state index contributed by atoms with van der Waals surface area (Å²) in [4.78, 5) is 2.05. The van der Waals surface area contributed by atoms with E-state index < -0.39 is 0 Å². The van der Waals surface area contributed by atoms with Crippen molar-refractivity contribution < 1.29 is 0 Å². The summed E-state index contributed by atoms with van der Waals surface area (Å²) in [7, 11) is 2.03. The first-order chi connectivity index (χ1) is 8.68.